The molecule has 8 nitrogen and oxygen atoms in total. The summed E-state index contributed by atoms with van der Waals surface area (Å²) in [6.07, 6.45) is 1.43. The minimum atomic E-state index is -0.470. The van der Waals surface area contributed by atoms with Gasteiger partial charge in [-0.15, -0.1) is 0 Å². The molecule has 0 bridgehead atoms. The zero-order chi connectivity index (χ0) is 18.9. The molecule has 3 fully saturated rings. The number of aryl methyl sites for hydroxylation is 1. The predicted octanol–water partition coefficient (Wildman–Crippen LogP) is 0.906. The van der Waals surface area contributed by atoms with Crippen molar-refractivity contribution in [1.29, 1.82) is 0 Å². The fourth-order valence-electron chi connectivity index (χ4n) is 4.11. The Balaban J connectivity index is 1.44. The van der Waals surface area contributed by atoms with Gasteiger partial charge in [0.1, 0.15) is 17.3 Å². The first kappa shape index (κ1) is 18.6. The Morgan fingerprint density at radius 1 is 1.07 bits per heavy atom. The Morgan fingerprint density at radius 3 is 2.37 bits per heavy atom. The predicted molar refractivity (Wildman–Crippen MR) is 101 cm³/mol. The fraction of sp³-hybridized carbons (Fsp3) is 0.737. The lowest BCUT2D eigenvalue weighted by Crippen LogP contribution is -2.48. The smallest absolute Gasteiger partial charge is 0.272 e. The van der Waals surface area contributed by atoms with Gasteiger partial charge in [-0.25, -0.2) is 9.97 Å². The second-order valence-corrected chi connectivity index (χ2v) is 7.48. The molecule has 3 saturated heterocycles. The van der Waals surface area contributed by atoms with Crippen LogP contribution >= 0.6 is 0 Å². The van der Waals surface area contributed by atoms with Gasteiger partial charge >= 0.3 is 0 Å². The van der Waals surface area contributed by atoms with Crippen molar-refractivity contribution in [2.45, 2.75) is 32.5 Å². The summed E-state index contributed by atoms with van der Waals surface area (Å²) in [5.74, 6) is 1.01. The molecule has 0 atom stereocenters. The summed E-state index contributed by atoms with van der Waals surface area (Å²) in [5, 5.41) is 0. The molecular formula is C19H29N5O3. The van der Waals surface area contributed by atoms with Crippen LogP contribution in [0.15, 0.2) is 6.07 Å². The first-order chi connectivity index (χ1) is 13.1. The van der Waals surface area contributed by atoms with Crippen LogP contribution < -0.4 is 4.90 Å². The highest BCUT2D eigenvalue weighted by Gasteiger charge is 2.41. The van der Waals surface area contributed by atoms with Crippen molar-refractivity contribution in [3.8, 4) is 0 Å². The number of carbonyl (C=O) groups excluding carboxylic acids is 1. The summed E-state index contributed by atoms with van der Waals surface area (Å²) in [5.41, 5.74) is 0.486. The molecule has 1 aromatic rings. The number of rotatable bonds is 3. The van der Waals surface area contributed by atoms with Crippen LogP contribution in [0.2, 0.25) is 0 Å². The van der Waals surface area contributed by atoms with Crippen molar-refractivity contribution in [3.05, 3.63) is 17.6 Å². The van der Waals surface area contributed by atoms with E-state index in [0.29, 0.717) is 50.7 Å². The third kappa shape index (κ3) is 3.93. The summed E-state index contributed by atoms with van der Waals surface area (Å²) in [4.78, 5) is 28.6. The maximum Gasteiger partial charge on any atom is 0.272 e. The van der Waals surface area contributed by atoms with Crippen LogP contribution in [-0.2, 0) is 9.47 Å². The Bertz CT molecular complexity index is 674. The number of piperidine rings is 1. The van der Waals surface area contributed by atoms with Crippen molar-refractivity contribution in [1.82, 2.24) is 19.8 Å². The summed E-state index contributed by atoms with van der Waals surface area (Å²) < 4.78 is 11.5. The highest BCUT2D eigenvalue weighted by Crippen LogP contribution is 2.31. The monoisotopic (exact) mass is 375 g/mol. The molecule has 0 unspecified atom stereocenters. The van der Waals surface area contributed by atoms with Gasteiger partial charge in [0.15, 0.2) is 5.79 Å². The molecule has 0 N–H and O–H groups in total. The van der Waals surface area contributed by atoms with Crippen LogP contribution in [-0.4, -0.2) is 90.5 Å². The third-order valence-corrected chi connectivity index (χ3v) is 5.81. The van der Waals surface area contributed by atoms with E-state index < -0.39 is 5.79 Å². The van der Waals surface area contributed by atoms with E-state index in [1.54, 1.807) is 0 Å². The molecule has 1 amide bonds. The number of carbonyl (C=O) groups is 1. The first-order valence-corrected chi connectivity index (χ1v) is 9.99. The average molecular weight is 375 g/mol. The van der Waals surface area contributed by atoms with E-state index >= 15 is 0 Å². The quantitative estimate of drug-likeness (QED) is 0.777. The topological polar surface area (TPSA) is 71.0 Å². The van der Waals surface area contributed by atoms with Gasteiger partial charge in [-0.05, 0) is 13.5 Å². The molecule has 8 heteroatoms. The van der Waals surface area contributed by atoms with E-state index in [2.05, 4.69) is 26.7 Å². The van der Waals surface area contributed by atoms with Crippen LogP contribution in [0.25, 0.3) is 0 Å². The minimum Gasteiger partial charge on any atom is -0.354 e. The van der Waals surface area contributed by atoms with Crippen LogP contribution in [0.4, 0.5) is 5.82 Å². The van der Waals surface area contributed by atoms with Gasteiger partial charge in [0.05, 0.1) is 13.2 Å². The summed E-state index contributed by atoms with van der Waals surface area (Å²) in [6.45, 7) is 11.6. The van der Waals surface area contributed by atoms with E-state index in [9.17, 15) is 4.79 Å². The van der Waals surface area contributed by atoms with Gasteiger partial charge in [0.25, 0.3) is 5.91 Å². The summed E-state index contributed by atoms with van der Waals surface area (Å²) in [6, 6.07) is 1.85. The number of anilines is 1. The Morgan fingerprint density at radius 2 is 1.74 bits per heavy atom. The SMILES string of the molecule is CCN1CCN(c2cc(C(=O)N3CCC4(CC3)OCCO4)nc(C)n2)CC1. The molecule has 27 heavy (non-hydrogen) atoms. The number of amides is 1. The van der Waals surface area contributed by atoms with Gasteiger partial charge in [0.2, 0.25) is 0 Å². The number of likely N-dealkylation sites (N-methyl/N-ethyl adjacent to an activating group) is 1. The molecule has 148 valence electrons. The fourth-order valence-corrected chi connectivity index (χ4v) is 4.11. The van der Waals surface area contributed by atoms with Gasteiger partial charge < -0.3 is 24.2 Å². The van der Waals surface area contributed by atoms with E-state index in [1.165, 1.54) is 0 Å². The Labute approximate surface area is 160 Å². The lowest BCUT2D eigenvalue weighted by atomic mass is 10.0. The largest absolute Gasteiger partial charge is 0.354 e. The molecule has 3 aliphatic rings. The molecule has 1 aromatic heterocycles. The summed E-state index contributed by atoms with van der Waals surface area (Å²) >= 11 is 0. The molecule has 3 aliphatic heterocycles. The Kier molecular flexibility index (Phi) is 5.29. The lowest BCUT2D eigenvalue weighted by Gasteiger charge is -2.37. The highest BCUT2D eigenvalue weighted by molar-refractivity contribution is 5.93. The zero-order valence-electron chi connectivity index (χ0n) is 16.3. The number of hydrogen-bond acceptors (Lipinski definition) is 7. The highest BCUT2D eigenvalue weighted by atomic mass is 16.7. The first-order valence-electron chi connectivity index (χ1n) is 9.99. The van der Waals surface area contributed by atoms with E-state index in [0.717, 1.165) is 38.5 Å². The molecule has 4 rings (SSSR count). The number of piperazine rings is 1. The van der Waals surface area contributed by atoms with Crippen molar-refractivity contribution in [2.75, 3.05) is 63.9 Å². The lowest BCUT2D eigenvalue weighted by molar-refractivity contribution is -0.181. The normalized spacial score (nSPS) is 23.2. The second-order valence-electron chi connectivity index (χ2n) is 7.48. The van der Waals surface area contributed by atoms with Crippen LogP contribution in [0.3, 0.4) is 0 Å². The van der Waals surface area contributed by atoms with Crippen molar-refractivity contribution < 1.29 is 14.3 Å². The number of aromatic nitrogens is 2. The van der Waals surface area contributed by atoms with Gasteiger partial charge in [-0.1, -0.05) is 6.92 Å². The molecule has 4 heterocycles. The van der Waals surface area contributed by atoms with E-state index in [-0.39, 0.29) is 5.91 Å². The van der Waals surface area contributed by atoms with Crippen molar-refractivity contribution >= 4 is 11.7 Å². The molecule has 0 aliphatic carbocycles. The van der Waals surface area contributed by atoms with Crippen molar-refractivity contribution in [2.24, 2.45) is 0 Å². The molecule has 0 aromatic carbocycles. The molecular weight excluding hydrogens is 346 g/mol. The van der Waals surface area contributed by atoms with Crippen molar-refractivity contribution in [3.63, 3.8) is 0 Å². The standard InChI is InChI=1S/C19H29N5O3/c1-3-22-8-10-23(11-9-22)17-14-16(20-15(2)21-17)18(25)24-6-4-19(5-7-24)26-12-13-27-19/h14H,3-13H2,1-2H3. The number of hydrogen-bond donors (Lipinski definition) is 0. The van der Waals surface area contributed by atoms with Gasteiger partial charge in [0, 0.05) is 58.2 Å². The Hall–Kier alpha value is -1.77. The van der Waals surface area contributed by atoms with Gasteiger partial charge in [-0.2, -0.15) is 0 Å². The van der Waals surface area contributed by atoms with E-state index in [4.69, 9.17) is 9.47 Å². The maximum atomic E-state index is 13.0. The minimum absolute atomic E-state index is 0.0261. The molecule has 0 saturated carbocycles. The maximum absolute atomic E-state index is 13.0. The number of likely N-dealkylation sites (tertiary alicyclic amines) is 1. The molecule has 1 spiro atoms. The average Bonchev–Trinajstić information content (AvgIpc) is 3.15. The second kappa shape index (κ2) is 7.69. The third-order valence-electron chi connectivity index (χ3n) is 5.81. The van der Waals surface area contributed by atoms with E-state index in [1.807, 2.05) is 17.9 Å². The van der Waals surface area contributed by atoms with Crippen LogP contribution in [0.5, 0.6) is 0 Å². The zero-order valence-corrected chi connectivity index (χ0v) is 16.3. The van der Waals surface area contributed by atoms with Crippen LogP contribution in [0.1, 0.15) is 36.1 Å². The number of ether oxygens (including phenoxy) is 2. The summed E-state index contributed by atoms with van der Waals surface area (Å²) in [7, 11) is 0. The van der Waals surface area contributed by atoms with Crippen LogP contribution in [0, 0.1) is 6.92 Å². The number of nitrogens with zero attached hydrogens (tertiary/aromatic N) is 5. The van der Waals surface area contributed by atoms with Gasteiger partial charge in [-0.3, -0.25) is 4.79 Å². The molecule has 0 radical (unpaired) electrons.